The van der Waals surface area contributed by atoms with Crippen molar-refractivity contribution in [3.63, 3.8) is 0 Å². The van der Waals surface area contributed by atoms with E-state index in [1.807, 2.05) is 0 Å². The third kappa shape index (κ3) is 7.45. The molecule has 0 aromatic rings. The highest BCUT2D eigenvalue weighted by Crippen LogP contribution is 2.68. The van der Waals surface area contributed by atoms with E-state index >= 15 is 0 Å². The van der Waals surface area contributed by atoms with Crippen molar-refractivity contribution in [2.45, 2.75) is 179 Å². The van der Waals surface area contributed by atoms with Gasteiger partial charge in [0.1, 0.15) is 48.8 Å². The van der Waals surface area contributed by atoms with Gasteiger partial charge in [0, 0.05) is 0 Å². The van der Waals surface area contributed by atoms with Gasteiger partial charge in [-0.15, -0.1) is 0 Å². The van der Waals surface area contributed by atoms with E-state index < -0.39 is 86.8 Å². The van der Waals surface area contributed by atoms with E-state index in [9.17, 15) is 40.9 Å². The summed E-state index contributed by atoms with van der Waals surface area (Å²) >= 11 is 0. The maximum Gasteiger partial charge on any atom is 0.187 e. The van der Waals surface area contributed by atoms with Crippen molar-refractivity contribution in [3.8, 4) is 0 Å². The summed E-state index contributed by atoms with van der Waals surface area (Å²) in [6.45, 7) is 10.8. The lowest BCUT2D eigenvalue weighted by molar-refractivity contribution is -0.366. The fraction of sp³-hybridized carbons (Fsp3) is 1.00. The molecule has 6 fully saturated rings. The molecule has 20 atom stereocenters. The van der Waals surface area contributed by atoms with E-state index in [1.54, 1.807) is 0 Å². The quantitative estimate of drug-likeness (QED) is 0.145. The molecule has 0 unspecified atom stereocenters. The Morgan fingerprint density at radius 2 is 1.33 bits per heavy atom. The highest BCUT2D eigenvalue weighted by Gasteiger charge is 2.62. The van der Waals surface area contributed by atoms with Gasteiger partial charge in [0.05, 0.1) is 25.4 Å². The molecule has 0 bridgehead atoms. The van der Waals surface area contributed by atoms with Crippen LogP contribution in [0.5, 0.6) is 0 Å². The molecule has 0 aromatic carbocycles. The van der Waals surface area contributed by atoms with Gasteiger partial charge < -0.3 is 59.8 Å². The van der Waals surface area contributed by atoms with Crippen LogP contribution in [-0.4, -0.2) is 128 Å². The number of aliphatic hydroxyl groups excluding tert-OH is 8. The number of rotatable bonds is 11. The maximum absolute atomic E-state index is 11.6. The molecule has 2 aliphatic heterocycles. The van der Waals surface area contributed by atoms with Gasteiger partial charge in [-0.05, 0) is 104 Å². The minimum Gasteiger partial charge on any atom is -0.394 e. The minimum atomic E-state index is -1.74. The van der Waals surface area contributed by atoms with E-state index in [-0.39, 0.29) is 5.41 Å². The Kier molecular flexibility index (Phi) is 12.6. The van der Waals surface area contributed by atoms with Crippen LogP contribution in [0.25, 0.3) is 0 Å². The molecule has 4 aliphatic carbocycles. The normalized spacial score (nSPS) is 52.2. The van der Waals surface area contributed by atoms with Gasteiger partial charge in [-0.2, -0.15) is 0 Å². The molecule has 2 heterocycles. The summed E-state index contributed by atoms with van der Waals surface area (Å²) < 4.78 is 23.3. The highest BCUT2D eigenvalue weighted by molar-refractivity contribution is 5.11. The first kappa shape index (κ1) is 40.2. The van der Waals surface area contributed by atoms with Crippen molar-refractivity contribution in [1.82, 2.24) is 0 Å². The van der Waals surface area contributed by atoms with Gasteiger partial charge >= 0.3 is 0 Å². The van der Waals surface area contributed by atoms with Gasteiger partial charge in [-0.3, -0.25) is 0 Å². The highest BCUT2D eigenvalue weighted by atomic mass is 16.7. The maximum atomic E-state index is 11.6. The fourth-order valence-electron chi connectivity index (χ4n) is 12.3. The Bertz CT molecular complexity index is 1140. The number of aliphatic hydroxyl groups is 8. The third-order valence-electron chi connectivity index (χ3n) is 15.1. The van der Waals surface area contributed by atoms with Crippen LogP contribution in [0.4, 0.5) is 0 Å². The fourth-order valence-corrected chi connectivity index (χ4v) is 12.3. The molecule has 0 radical (unpaired) electrons. The molecule has 0 amide bonds. The van der Waals surface area contributed by atoms with Crippen LogP contribution >= 0.6 is 0 Å². The molecule has 6 rings (SSSR count). The summed E-state index contributed by atoms with van der Waals surface area (Å²) in [7, 11) is 0. The largest absolute Gasteiger partial charge is 0.394 e. The number of ether oxygens (including phenoxy) is 4. The molecule has 51 heavy (non-hydrogen) atoms. The monoisotopic (exact) mass is 728 g/mol. The third-order valence-corrected chi connectivity index (χ3v) is 15.1. The van der Waals surface area contributed by atoms with E-state index in [2.05, 4.69) is 34.6 Å². The molecule has 2 saturated heterocycles. The second-order valence-corrected chi connectivity index (χ2v) is 18.4. The van der Waals surface area contributed by atoms with E-state index in [4.69, 9.17) is 18.9 Å². The topological polar surface area (TPSA) is 199 Å². The van der Waals surface area contributed by atoms with Gasteiger partial charge in [-0.25, -0.2) is 0 Å². The van der Waals surface area contributed by atoms with Crippen molar-refractivity contribution in [2.75, 3.05) is 13.2 Å². The zero-order chi connectivity index (χ0) is 37.0. The van der Waals surface area contributed by atoms with Crippen LogP contribution in [0.1, 0.15) is 105 Å². The molecule has 12 heteroatoms. The molecule has 4 saturated carbocycles. The molecule has 6 aliphatic rings. The van der Waals surface area contributed by atoms with Gasteiger partial charge in [0.15, 0.2) is 12.6 Å². The molecule has 0 spiro atoms. The Morgan fingerprint density at radius 1 is 0.686 bits per heavy atom. The molecule has 0 aromatic heterocycles. The molecule has 12 nitrogen and oxygen atoms in total. The van der Waals surface area contributed by atoms with Crippen LogP contribution in [0.2, 0.25) is 0 Å². The summed E-state index contributed by atoms with van der Waals surface area (Å²) in [4.78, 5) is 0. The van der Waals surface area contributed by atoms with Crippen LogP contribution < -0.4 is 0 Å². The average molecular weight is 729 g/mol. The standard InChI is InChI=1S/C39H68O12/c1-19(2)7-6-8-20(3)23-11-12-24-22-10-9-21-15-27(26(42)16-39(21,5)25(22)13-14-38(23,24)4)48-36-34(47)32(45)35(29(18-41)50-36)51-37-33(46)31(44)30(43)28(17-40)49-37/h19-37,40-47H,6-18H2,1-5H3/t20-,21+,22+,23-,24+,25+,26-,27-,28-,29-,30-,31+,32-,33-,34-,35-,36-,37-,38-,39+/m1/s1. The Morgan fingerprint density at radius 3 is 2.02 bits per heavy atom. The van der Waals surface area contributed by atoms with Crippen LogP contribution in [0.15, 0.2) is 0 Å². The second kappa shape index (κ2) is 15.9. The van der Waals surface area contributed by atoms with Gasteiger partial charge in [-0.1, -0.05) is 53.9 Å². The zero-order valence-electron chi connectivity index (χ0n) is 31.4. The van der Waals surface area contributed by atoms with Crippen LogP contribution in [0, 0.1) is 52.3 Å². The summed E-state index contributed by atoms with van der Waals surface area (Å²) in [5.41, 5.74) is 0.372. The van der Waals surface area contributed by atoms with Crippen molar-refractivity contribution >= 4 is 0 Å². The van der Waals surface area contributed by atoms with Gasteiger partial charge in [0.25, 0.3) is 0 Å². The summed E-state index contributed by atoms with van der Waals surface area (Å²) in [6, 6.07) is 0. The van der Waals surface area contributed by atoms with E-state index in [0.29, 0.717) is 36.0 Å². The molecular formula is C39H68O12. The summed E-state index contributed by atoms with van der Waals surface area (Å²) in [5, 5.41) is 84.3. The van der Waals surface area contributed by atoms with E-state index in [0.717, 1.165) is 30.1 Å². The minimum absolute atomic E-state index is 0.0198. The van der Waals surface area contributed by atoms with Crippen molar-refractivity contribution < 1.29 is 59.8 Å². The first-order chi connectivity index (χ1) is 24.1. The SMILES string of the molecule is CC(C)CCC[C@@H](C)[C@H]1CC[C@H]2[C@@H]3CC[C@H]4C[C@@H](O[C@@H]5O[C@H](CO)[C@@H](O[C@H]6O[C@H](CO)[C@@H](O)[C@H](O)[C@H]6O)[C@H](O)[C@H]5O)[C@H](O)C[C@]4(C)[C@H]3CC[C@]12C. The number of fused-ring (bicyclic) bond motifs is 5. The first-order valence-electron chi connectivity index (χ1n) is 20.1. The predicted molar refractivity (Wildman–Crippen MR) is 186 cm³/mol. The lowest BCUT2D eigenvalue weighted by Gasteiger charge is -2.62. The lowest BCUT2D eigenvalue weighted by Crippen LogP contribution is -2.65. The lowest BCUT2D eigenvalue weighted by atomic mass is 9.44. The zero-order valence-corrected chi connectivity index (χ0v) is 31.4. The van der Waals surface area contributed by atoms with Gasteiger partial charge in [0.2, 0.25) is 0 Å². The van der Waals surface area contributed by atoms with Crippen LogP contribution in [0.3, 0.4) is 0 Å². The smallest absolute Gasteiger partial charge is 0.187 e. The molecule has 296 valence electrons. The Balaban J connectivity index is 1.08. The summed E-state index contributed by atoms with van der Waals surface area (Å²) in [5.74, 6) is 4.61. The molecular weight excluding hydrogens is 660 g/mol. The Hall–Kier alpha value is -0.480. The summed E-state index contributed by atoms with van der Waals surface area (Å²) in [6.07, 6.45) is -4.04. The first-order valence-corrected chi connectivity index (χ1v) is 20.1. The second-order valence-electron chi connectivity index (χ2n) is 18.4. The average Bonchev–Trinajstić information content (AvgIpc) is 3.45. The Labute approximate surface area is 303 Å². The molecule has 8 N–H and O–H groups in total. The van der Waals surface area contributed by atoms with Crippen molar-refractivity contribution in [3.05, 3.63) is 0 Å². The van der Waals surface area contributed by atoms with E-state index in [1.165, 1.54) is 51.4 Å². The van der Waals surface area contributed by atoms with Crippen LogP contribution in [-0.2, 0) is 18.9 Å². The van der Waals surface area contributed by atoms with Crippen molar-refractivity contribution in [1.29, 1.82) is 0 Å². The predicted octanol–water partition coefficient (Wildman–Crippen LogP) is 2.09. The van der Waals surface area contributed by atoms with Crippen molar-refractivity contribution in [2.24, 2.45) is 52.3 Å². The number of hydrogen-bond donors (Lipinski definition) is 8. The number of hydrogen-bond acceptors (Lipinski definition) is 12.